The van der Waals surface area contributed by atoms with E-state index in [0.717, 1.165) is 0 Å². The molecule has 1 aromatic rings. The Morgan fingerprint density at radius 2 is 2.11 bits per heavy atom. The normalized spacial score (nSPS) is 12.3. The number of nitrogens with two attached hydrogens (primary N) is 1. The quantitative estimate of drug-likeness (QED) is 0.802. The number of aryl methyl sites for hydroxylation is 2. The van der Waals surface area contributed by atoms with Gasteiger partial charge in [-0.05, 0) is 6.92 Å². The van der Waals surface area contributed by atoms with Crippen LogP contribution in [0.2, 0.25) is 0 Å². The van der Waals surface area contributed by atoms with Gasteiger partial charge in [0.1, 0.15) is 5.82 Å². The van der Waals surface area contributed by atoms with E-state index in [4.69, 9.17) is 5.73 Å². The van der Waals surface area contributed by atoms with E-state index in [-0.39, 0.29) is 17.4 Å². The minimum Gasteiger partial charge on any atom is -0.337 e. The van der Waals surface area contributed by atoms with Crippen molar-refractivity contribution in [2.75, 3.05) is 13.1 Å². The van der Waals surface area contributed by atoms with E-state index >= 15 is 0 Å². The van der Waals surface area contributed by atoms with Gasteiger partial charge in [0.2, 0.25) is 0 Å². The molecule has 0 spiro atoms. The predicted octanol–water partition coefficient (Wildman–Crippen LogP) is 0.0226. The van der Waals surface area contributed by atoms with Gasteiger partial charge in [0, 0.05) is 13.2 Å². The highest BCUT2D eigenvalue weighted by atomic mass is 35.5. The number of halogens is 3. The Balaban J connectivity index is 0.00000289. The SMILES string of the molecule is Cc1nc(S(=O)(=O)NCC(F)(F)CN)cn1C.Cl. The van der Waals surface area contributed by atoms with E-state index in [1.165, 1.54) is 10.8 Å². The fraction of sp³-hybridized carbons (Fsp3) is 0.625. The zero-order chi connectivity index (χ0) is 13.3. The predicted molar refractivity (Wildman–Crippen MR) is 64.4 cm³/mol. The molecule has 1 aromatic heterocycles. The summed E-state index contributed by atoms with van der Waals surface area (Å²) in [5.41, 5.74) is 4.80. The molecular weight excluding hydrogens is 290 g/mol. The van der Waals surface area contributed by atoms with Crippen LogP contribution in [0, 0.1) is 6.92 Å². The second-order valence-electron chi connectivity index (χ2n) is 3.62. The summed E-state index contributed by atoms with van der Waals surface area (Å²) in [6.07, 6.45) is 1.25. The lowest BCUT2D eigenvalue weighted by atomic mass is 10.3. The summed E-state index contributed by atoms with van der Waals surface area (Å²) in [6, 6.07) is 0. The smallest absolute Gasteiger partial charge is 0.273 e. The number of rotatable bonds is 5. The van der Waals surface area contributed by atoms with Gasteiger partial charge in [-0.3, -0.25) is 0 Å². The molecule has 1 heterocycles. The Bertz CT molecular complexity index is 484. The van der Waals surface area contributed by atoms with Crippen LogP contribution in [0.1, 0.15) is 5.82 Å². The zero-order valence-electron chi connectivity index (χ0n) is 9.85. The van der Waals surface area contributed by atoms with Crippen LogP contribution >= 0.6 is 12.4 Å². The molecule has 0 saturated carbocycles. The van der Waals surface area contributed by atoms with Crippen molar-refractivity contribution in [3.63, 3.8) is 0 Å². The maximum Gasteiger partial charge on any atom is 0.273 e. The molecule has 0 unspecified atom stereocenters. The monoisotopic (exact) mass is 304 g/mol. The van der Waals surface area contributed by atoms with Crippen LogP contribution in [0.15, 0.2) is 11.2 Å². The standard InChI is InChI=1S/C8H14F2N4O2S.ClH/c1-6-13-7(3-14(6)2)17(15,16)12-5-8(9,10)4-11;/h3,12H,4-5,11H2,1-2H3;1H. The number of sulfonamides is 1. The number of imidazole rings is 1. The summed E-state index contributed by atoms with van der Waals surface area (Å²) < 4.78 is 52.1. The van der Waals surface area contributed by atoms with Crippen molar-refractivity contribution < 1.29 is 17.2 Å². The number of aromatic nitrogens is 2. The Labute approximate surface area is 110 Å². The highest BCUT2D eigenvalue weighted by molar-refractivity contribution is 7.89. The van der Waals surface area contributed by atoms with E-state index in [1.807, 2.05) is 0 Å². The fourth-order valence-corrected chi connectivity index (χ4v) is 2.10. The fourth-order valence-electron chi connectivity index (χ4n) is 1.00. The van der Waals surface area contributed by atoms with E-state index in [0.29, 0.717) is 5.82 Å². The molecule has 0 fully saturated rings. The number of nitrogens with zero attached hydrogens (tertiary/aromatic N) is 2. The van der Waals surface area contributed by atoms with Crippen molar-refractivity contribution in [2.45, 2.75) is 17.9 Å². The van der Waals surface area contributed by atoms with Crippen molar-refractivity contribution in [1.29, 1.82) is 0 Å². The lowest BCUT2D eigenvalue weighted by Gasteiger charge is -2.13. The van der Waals surface area contributed by atoms with Gasteiger partial charge in [-0.25, -0.2) is 26.9 Å². The Kier molecular flexibility index (Phi) is 5.66. The van der Waals surface area contributed by atoms with Gasteiger partial charge in [-0.2, -0.15) is 0 Å². The maximum absolute atomic E-state index is 12.8. The van der Waals surface area contributed by atoms with Gasteiger partial charge < -0.3 is 10.3 Å². The average molecular weight is 305 g/mol. The third-order valence-electron chi connectivity index (χ3n) is 2.18. The highest BCUT2D eigenvalue weighted by Gasteiger charge is 2.30. The molecular formula is C8H15ClF2N4O2S. The lowest BCUT2D eigenvalue weighted by molar-refractivity contribution is 0.0170. The van der Waals surface area contributed by atoms with Gasteiger partial charge in [-0.15, -0.1) is 12.4 Å². The van der Waals surface area contributed by atoms with E-state index in [1.54, 1.807) is 18.7 Å². The summed E-state index contributed by atoms with van der Waals surface area (Å²) in [6.45, 7) is -0.355. The molecule has 1 rings (SSSR count). The number of nitrogens with one attached hydrogen (secondary N) is 1. The molecule has 0 radical (unpaired) electrons. The minimum atomic E-state index is -4.02. The molecule has 0 aromatic carbocycles. The van der Waals surface area contributed by atoms with Crippen LogP contribution in [-0.4, -0.2) is 37.0 Å². The van der Waals surface area contributed by atoms with Crippen molar-refractivity contribution in [2.24, 2.45) is 12.8 Å². The second kappa shape index (κ2) is 5.91. The van der Waals surface area contributed by atoms with Gasteiger partial charge in [0.15, 0.2) is 5.03 Å². The van der Waals surface area contributed by atoms with E-state index in [2.05, 4.69) is 4.98 Å². The van der Waals surface area contributed by atoms with Crippen LogP contribution in [0.25, 0.3) is 0 Å². The molecule has 106 valence electrons. The average Bonchev–Trinajstić information content (AvgIpc) is 2.58. The van der Waals surface area contributed by atoms with Crippen molar-refractivity contribution in [1.82, 2.24) is 14.3 Å². The highest BCUT2D eigenvalue weighted by Crippen LogP contribution is 2.12. The molecule has 6 nitrogen and oxygen atoms in total. The molecule has 0 aliphatic carbocycles. The Morgan fingerprint density at radius 1 is 1.56 bits per heavy atom. The number of alkyl halides is 2. The van der Waals surface area contributed by atoms with Gasteiger partial charge >= 0.3 is 0 Å². The Hall–Kier alpha value is -0.770. The first-order chi connectivity index (χ1) is 7.68. The van der Waals surface area contributed by atoms with Crippen molar-refractivity contribution in [3.05, 3.63) is 12.0 Å². The Morgan fingerprint density at radius 3 is 2.50 bits per heavy atom. The summed E-state index contributed by atoms with van der Waals surface area (Å²) in [5.74, 6) is -2.80. The van der Waals surface area contributed by atoms with Crippen LogP contribution in [0.4, 0.5) is 8.78 Å². The third-order valence-corrected chi connectivity index (χ3v) is 3.45. The van der Waals surface area contributed by atoms with Crippen LogP contribution in [0.5, 0.6) is 0 Å². The molecule has 0 amide bonds. The van der Waals surface area contributed by atoms with Crippen LogP contribution in [0.3, 0.4) is 0 Å². The lowest BCUT2D eigenvalue weighted by Crippen LogP contribution is -2.41. The third kappa shape index (κ3) is 4.16. The summed E-state index contributed by atoms with van der Waals surface area (Å²) in [7, 11) is -2.42. The van der Waals surface area contributed by atoms with Gasteiger partial charge in [-0.1, -0.05) is 0 Å². The molecule has 3 N–H and O–H groups in total. The van der Waals surface area contributed by atoms with Crippen LogP contribution in [-0.2, 0) is 17.1 Å². The van der Waals surface area contributed by atoms with Crippen molar-refractivity contribution >= 4 is 22.4 Å². The number of hydrogen-bond acceptors (Lipinski definition) is 4. The zero-order valence-corrected chi connectivity index (χ0v) is 11.5. The second-order valence-corrected chi connectivity index (χ2v) is 5.34. The summed E-state index contributed by atoms with van der Waals surface area (Å²) >= 11 is 0. The largest absolute Gasteiger partial charge is 0.337 e. The molecule has 0 bridgehead atoms. The van der Waals surface area contributed by atoms with Crippen LogP contribution < -0.4 is 10.5 Å². The summed E-state index contributed by atoms with van der Waals surface area (Å²) in [5, 5.41) is -0.287. The number of hydrogen-bond donors (Lipinski definition) is 2. The van der Waals surface area contributed by atoms with Gasteiger partial charge in [0.05, 0.1) is 13.1 Å². The molecule has 0 aliphatic rings. The first kappa shape index (κ1) is 17.2. The molecule has 0 aliphatic heterocycles. The maximum atomic E-state index is 12.8. The molecule has 10 heteroatoms. The van der Waals surface area contributed by atoms with Gasteiger partial charge in [0.25, 0.3) is 15.9 Å². The molecule has 0 saturated heterocycles. The topological polar surface area (TPSA) is 90.0 Å². The van der Waals surface area contributed by atoms with Crippen molar-refractivity contribution in [3.8, 4) is 0 Å². The first-order valence-electron chi connectivity index (χ1n) is 4.75. The molecule has 18 heavy (non-hydrogen) atoms. The van der Waals surface area contributed by atoms with E-state index in [9.17, 15) is 17.2 Å². The molecule has 0 atom stereocenters. The first-order valence-corrected chi connectivity index (χ1v) is 6.24. The van der Waals surface area contributed by atoms with E-state index < -0.39 is 29.0 Å². The minimum absolute atomic E-state index is 0. The summed E-state index contributed by atoms with van der Waals surface area (Å²) in [4.78, 5) is 3.74.